The number of hydrogen-bond acceptors (Lipinski definition) is 7. The maximum atomic E-state index is 12.6. The second kappa shape index (κ2) is 8.14. The van der Waals surface area contributed by atoms with Crippen LogP contribution in [0.2, 0.25) is 0 Å². The first kappa shape index (κ1) is 21.4. The predicted octanol–water partition coefficient (Wildman–Crippen LogP) is 4.25. The van der Waals surface area contributed by atoms with Gasteiger partial charge in [0, 0.05) is 20.6 Å². The lowest BCUT2D eigenvalue weighted by molar-refractivity contribution is 0.521. The summed E-state index contributed by atoms with van der Waals surface area (Å²) in [6, 6.07) is 13.4. The molecule has 0 N–H and O–H groups in total. The molecule has 0 atom stereocenters. The molecule has 8 nitrogen and oxygen atoms in total. The van der Waals surface area contributed by atoms with E-state index in [1.807, 2.05) is 18.2 Å². The van der Waals surface area contributed by atoms with Crippen LogP contribution in [0.5, 0.6) is 0 Å². The average Bonchev–Trinajstić information content (AvgIpc) is 3.44. The number of fused-ring (bicyclic) bond motifs is 4. The second-order valence-electron chi connectivity index (χ2n) is 7.58. The number of imidazole rings is 1. The van der Waals surface area contributed by atoms with Gasteiger partial charge in [-0.1, -0.05) is 42.2 Å². The molecule has 11 heteroatoms. The van der Waals surface area contributed by atoms with Gasteiger partial charge in [0.2, 0.25) is 15.0 Å². The minimum absolute atomic E-state index is 0.249. The molecule has 3 heterocycles. The van der Waals surface area contributed by atoms with Gasteiger partial charge in [0.25, 0.3) is 0 Å². The Bertz CT molecular complexity index is 1550. The summed E-state index contributed by atoms with van der Waals surface area (Å²) in [5.41, 5.74) is 2.72. The standard InChI is InChI=1S/C21H22N6O2S3/c1-4-11-26-16-10-9-14(32(28,29)25(2)3)12-15(16)22-19(26)13-30-20-23-24-21-27(20)17-7-5-6-8-18(17)31-21/h5-10,12H,4,11,13H2,1-3H3. The maximum absolute atomic E-state index is 12.6. The lowest BCUT2D eigenvalue weighted by atomic mass is 10.3. The van der Waals surface area contributed by atoms with Crippen LogP contribution >= 0.6 is 23.1 Å². The van der Waals surface area contributed by atoms with Crippen LogP contribution in [-0.2, 0) is 22.3 Å². The molecule has 5 rings (SSSR count). The summed E-state index contributed by atoms with van der Waals surface area (Å²) >= 11 is 3.20. The molecule has 32 heavy (non-hydrogen) atoms. The lowest BCUT2D eigenvalue weighted by Gasteiger charge is -2.11. The fourth-order valence-electron chi connectivity index (χ4n) is 3.69. The van der Waals surface area contributed by atoms with Gasteiger partial charge < -0.3 is 4.57 Å². The Balaban J connectivity index is 1.52. The van der Waals surface area contributed by atoms with Crippen LogP contribution in [0, 0.1) is 0 Å². The van der Waals surface area contributed by atoms with Crippen LogP contribution in [0.4, 0.5) is 0 Å². The van der Waals surface area contributed by atoms with Crippen LogP contribution in [0.1, 0.15) is 19.2 Å². The van der Waals surface area contributed by atoms with E-state index in [4.69, 9.17) is 4.98 Å². The third-order valence-corrected chi connectivity index (χ3v) is 9.01. The number of hydrogen-bond donors (Lipinski definition) is 0. The Labute approximate surface area is 193 Å². The number of aromatic nitrogens is 5. The Morgan fingerprint density at radius 1 is 1.09 bits per heavy atom. The highest BCUT2D eigenvalue weighted by molar-refractivity contribution is 7.98. The van der Waals surface area contributed by atoms with Crippen molar-refractivity contribution in [3.8, 4) is 0 Å². The van der Waals surface area contributed by atoms with E-state index >= 15 is 0 Å². The monoisotopic (exact) mass is 486 g/mol. The molecule has 0 aliphatic carbocycles. The number of thioether (sulfide) groups is 1. The summed E-state index contributed by atoms with van der Waals surface area (Å²) in [6.45, 7) is 2.93. The second-order valence-corrected chi connectivity index (χ2v) is 11.7. The third kappa shape index (κ3) is 3.49. The Morgan fingerprint density at radius 2 is 1.91 bits per heavy atom. The smallest absolute Gasteiger partial charge is 0.242 e. The Kier molecular flexibility index (Phi) is 5.44. The van der Waals surface area contributed by atoms with Crippen molar-refractivity contribution in [1.82, 2.24) is 28.5 Å². The molecule has 0 bridgehead atoms. The van der Waals surface area contributed by atoms with Crippen molar-refractivity contribution in [3.63, 3.8) is 0 Å². The van der Waals surface area contributed by atoms with Gasteiger partial charge in [-0.3, -0.25) is 4.40 Å². The number of benzene rings is 2. The van der Waals surface area contributed by atoms with E-state index in [9.17, 15) is 8.42 Å². The molecule has 0 aliphatic rings. The van der Waals surface area contributed by atoms with E-state index < -0.39 is 10.0 Å². The molecule has 0 amide bonds. The molecule has 0 saturated carbocycles. The van der Waals surface area contributed by atoms with E-state index in [0.29, 0.717) is 11.3 Å². The number of nitrogens with zero attached hydrogens (tertiary/aromatic N) is 6. The molecule has 0 saturated heterocycles. The molecule has 3 aromatic heterocycles. The van der Waals surface area contributed by atoms with Gasteiger partial charge in [-0.25, -0.2) is 17.7 Å². The molecule has 0 aliphatic heterocycles. The zero-order valence-corrected chi connectivity index (χ0v) is 20.3. The highest BCUT2D eigenvalue weighted by Crippen LogP contribution is 2.31. The van der Waals surface area contributed by atoms with Gasteiger partial charge in [-0.15, -0.1) is 10.2 Å². The Hall–Kier alpha value is -2.47. The summed E-state index contributed by atoms with van der Waals surface area (Å²) in [7, 11) is -0.447. The summed E-state index contributed by atoms with van der Waals surface area (Å²) in [4.78, 5) is 5.92. The molecule has 0 radical (unpaired) electrons. The largest absolute Gasteiger partial charge is 0.327 e. The quantitative estimate of drug-likeness (QED) is 0.320. The van der Waals surface area contributed by atoms with Crippen molar-refractivity contribution in [1.29, 1.82) is 0 Å². The number of sulfonamides is 1. The highest BCUT2D eigenvalue weighted by Gasteiger charge is 2.20. The van der Waals surface area contributed by atoms with E-state index in [1.54, 1.807) is 35.2 Å². The lowest BCUT2D eigenvalue weighted by Crippen LogP contribution is -2.22. The van der Waals surface area contributed by atoms with Crippen molar-refractivity contribution in [2.75, 3.05) is 14.1 Å². The maximum Gasteiger partial charge on any atom is 0.242 e. The van der Waals surface area contributed by atoms with Gasteiger partial charge in [0.15, 0.2) is 5.16 Å². The number of aryl methyl sites for hydroxylation is 1. The SMILES string of the molecule is CCCn1c(CSc2nnc3sc4ccccc4n23)nc2cc(S(=O)(=O)N(C)C)ccc21. The van der Waals surface area contributed by atoms with Crippen LogP contribution in [0.3, 0.4) is 0 Å². The first-order valence-corrected chi connectivity index (χ1v) is 13.4. The van der Waals surface area contributed by atoms with Crippen molar-refractivity contribution in [2.45, 2.75) is 35.7 Å². The van der Waals surface area contributed by atoms with Gasteiger partial charge in [-0.05, 0) is 36.8 Å². The fourth-order valence-corrected chi connectivity index (χ4v) is 6.53. The van der Waals surface area contributed by atoms with Gasteiger partial charge >= 0.3 is 0 Å². The molecule has 0 unspecified atom stereocenters. The van der Waals surface area contributed by atoms with E-state index in [0.717, 1.165) is 39.9 Å². The fraction of sp³-hybridized carbons (Fsp3) is 0.286. The van der Waals surface area contributed by atoms with Crippen LogP contribution in [0.15, 0.2) is 52.5 Å². The minimum Gasteiger partial charge on any atom is -0.327 e. The van der Waals surface area contributed by atoms with Crippen molar-refractivity contribution in [2.24, 2.45) is 0 Å². The molecule has 166 valence electrons. The number of thiazole rings is 1. The summed E-state index contributed by atoms with van der Waals surface area (Å²) in [6.07, 6.45) is 0.950. The Morgan fingerprint density at radius 3 is 2.69 bits per heavy atom. The molecular formula is C21H22N6O2S3. The molecular weight excluding hydrogens is 464 g/mol. The average molecular weight is 487 g/mol. The summed E-state index contributed by atoms with van der Waals surface area (Å²) < 4.78 is 31.7. The zero-order chi connectivity index (χ0) is 22.5. The van der Waals surface area contributed by atoms with Gasteiger partial charge in [0.1, 0.15) is 5.82 Å². The highest BCUT2D eigenvalue weighted by atomic mass is 32.2. The van der Waals surface area contributed by atoms with Crippen LogP contribution < -0.4 is 0 Å². The van der Waals surface area contributed by atoms with E-state index in [-0.39, 0.29) is 4.90 Å². The van der Waals surface area contributed by atoms with Crippen molar-refractivity contribution >= 4 is 59.3 Å². The molecule has 0 fully saturated rings. The number of rotatable bonds is 7. The normalized spacial score (nSPS) is 12.6. The van der Waals surface area contributed by atoms with E-state index in [1.165, 1.54) is 23.1 Å². The van der Waals surface area contributed by atoms with Gasteiger partial charge in [-0.2, -0.15) is 0 Å². The topological polar surface area (TPSA) is 85.4 Å². The van der Waals surface area contributed by atoms with Gasteiger partial charge in [0.05, 0.1) is 31.9 Å². The van der Waals surface area contributed by atoms with Crippen molar-refractivity contribution < 1.29 is 8.42 Å². The van der Waals surface area contributed by atoms with E-state index in [2.05, 4.69) is 38.2 Å². The first-order chi connectivity index (χ1) is 15.4. The molecule has 5 aromatic rings. The first-order valence-electron chi connectivity index (χ1n) is 10.2. The predicted molar refractivity (Wildman–Crippen MR) is 129 cm³/mol. The summed E-state index contributed by atoms with van der Waals surface area (Å²) in [5, 5.41) is 9.54. The third-order valence-electron chi connectivity index (χ3n) is 5.27. The molecule has 2 aromatic carbocycles. The number of para-hydroxylation sites is 1. The van der Waals surface area contributed by atoms with Crippen LogP contribution in [0.25, 0.3) is 26.2 Å². The summed E-state index contributed by atoms with van der Waals surface area (Å²) in [5.74, 6) is 1.50. The van der Waals surface area contributed by atoms with Crippen LogP contribution in [-0.4, -0.2) is 51.0 Å². The van der Waals surface area contributed by atoms with Crippen molar-refractivity contribution in [3.05, 3.63) is 48.3 Å². The molecule has 0 spiro atoms. The zero-order valence-electron chi connectivity index (χ0n) is 17.9. The minimum atomic E-state index is -3.51.